The molecule has 0 aliphatic rings. The Balaban J connectivity index is 1.90. The summed E-state index contributed by atoms with van der Waals surface area (Å²) in [7, 11) is 0. The molecule has 7 heteroatoms. The third-order valence-corrected chi connectivity index (χ3v) is 4.81. The molecule has 1 aromatic heterocycles. The van der Waals surface area contributed by atoms with E-state index in [9.17, 15) is 17.6 Å². The van der Waals surface area contributed by atoms with Crippen molar-refractivity contribution in [3.63, 3.8) is 0 Å². The zero-order valence-corrected chi connectivity index (χ0v) is 15.2. The molecular formula is C22H17F4N3. The van der Waals surface area contributed by atoms with Gasteiger partial charge in [-0.3, -0.25) is 0 Å². The maximum Gasteiger partial charge on any atom is 0.397 e. The molecular weight excluding hydrogens is 382 g/mol. The van der Waals surface area contributed by atoms with Gasteiger partial charge in [0, 0.05) is 11.1 Å². The van der Waals surface area contributed by atoms with E-state index in [1.807, 2.05) is 0 Å². The van der Waals surface area contributed by atoms with Gasteiger partial charge in [0.25, 0.3) is 0 Å². The molecule has 3 nitrogen and oxygen atoms in total. The normalized spacial score (nSPS) is 13.0. The summed E-state index contributed by atoms with van der Waals surface area (Å²) in [5.41, 5.74) is 7.60. The lowest BCUT2D eigenvalue weighted by Crippen LogP contribution is -2.24. The zero-order valence-electron chi connectivity index (χ0n) is 15.2. The van der Waals surface area contributed by atoms with Crippen molar-refractivity contribution in [2.75, 3.05) is 5.73 Å². The van der Waals surface area contributed by atoms with Crippen LogP contribution in [0.3, 0.4) is 0 Å². The predicted octanol–water partition coefficient (Wildman–Crippen LogP) is 5.64. The monoisotopic (exact) mass is 399 g/mol. The molecule has 4 aromatic rings. The first-order valence-electron chi connectivity index (χ1n) is 8.97. The van der Waals surface area contributed by atoms with Crippen molar-refractivity contribution in [2.45, 2.75) is 18.5 Å². The van der Waals surface area contributed by atoms with Gasteiger partial charge in [0.2, 0.25) is 0 Å². The van der Waals surface area contributed by atoms with Crippen LogP contribution in [0.4, 0.5) is 23.2 Å². The number of halogens is 4. The Morgan fingerprint density at radius 2 is 1.62 bits per heavy atom. The molecule has 3 aromatic carbocycles. The van der Waals surface area contributed by atoms with Crippen molar-refractivity contribution in [1.82, 2.24) is 9.78 Å². The van der Waals surface area contributed by atoms with Gasteiger partial charge >= 0.3 is 6.18 Å². The molecule has 0 aliphatic heterocycles. The maximum atomic E-state index is 14.1. The van der Waals surface area contributed by atoms with E-state index in [1.165, 1.54) is 35.0 Å². The number of benzene rings is 3. The number of aromatic nitrogens is 2. The van der Waals surface area contributed by atoms with Crippen LogP contribution in [0.1, 0.15) is 17.2 Å². The molecule has 0 saturated heterocycles. The van der Waals surface area contributed by atoms with Gasteiger partial charge in [0.15, 0.2) is 0 Å². The Bertz CT molecular complexity index is 1130. The van der Waals surface area contributed by atoms with Crippen LogP contribution in [0.15, 0.2) is 72.8 Å². The summed E-state index contributed by atoms with van der Waals surface area (Å²) in [6.07, 6.45) is -4.75. The van der Waals surface area contributed by atoms with Gasteiger partial charge in [-0.1, -0.05) is 30.3 Å². The number of alkyl halides is 3. The molecule has 0 spiro atoms. The van der Waals surface area contributed by atoms with Crippen LogP contribution >= 0.6 is 0 Å². The highest BCUT2D eigenvalue weighted by atomic mass is 19.4. The molecule has 0 fully saturated rings. The molecule has 2 N–H and O–H groups in total. The predicted molar refractivity (Wildman–Crippen MR) is 104 cm³/mol. The van der Waals surface area contributed by atoms with E-state index in [2.05, 4.69) is 5.10 Å². The van der Waals surface area contributed by atoms with E-state index in [0.717, 1.165) is 0 Å². The molecule has 29 heavy (non-hydrogen) atoms. The van der Waals surface area contributed by atoms with Crippen LogP contribution in [0.25, 0.3) is 16.6 Å². The van der Waals surface area contributed by atoms with Crippen LogP contribution in [-0.2, 0) is 6.42 Å². The highest BCUT2D eigenvalue weighted by Gasteiger charge is 2.43. The summed E-state index contributed by atoms with van der Waals surface area (Å²) >= 11 is 0. The van der Waals surface area contributed by atoms with E-state index in [4.69, 9.17) is 5.73 Å². The van der Waals surface area contributed by atoms with Crippen LogP contribution in [-0.4, -0.2) is 16.0 Å². The fourth-order valence-corrected chi connectivity index (χ4v) is 3.41. The molecule has 0 amide bonds. The molecule has 1 unspecified atom stereocenters. The third kappa shape index (κ3) is 3.81. The highest BCUT2D eigenvalue weighted by Crippen LogP contribution is 2.40. The lowest BCUT2D eigenvalue weighted by atomic mass is 9.93. The number of nitrogen functional groups attached to an aromatic ring is 1. The molecule has 1 heterocycles. The Morgan fingerprint density at radius 3 is 2.28 bits per heavy atom. The second-order valence-electron chi connectivity index (χ2n) is 6.83. The van der Waals surface area contributed by atoms with Crippen molar-refractivity contribution >= 4 is 16.6 Å². The van der Waals surface area contributed by atoms with Gasteiger partial charge in [-0.2, -0.15) is 18.3 Å². The molecule has 0 radical (unpaired) electrons. The van der Waals surface area contributed by atoms with Crippen molar-refractivity contribution in [3.05, 3.63) is 89.9 Å². The molecule has 0 bridgehead atoms. The van der Waals surface area contributed by atoms with Gasteiger partial charge < -0.3 is 5.73 Å². The van der Waals surface area contributed by atoms with Gasteiger partial charge in [-0.15, -0.1) is 0 Å². The molecule has 0 saturated carbocycles. The standard InChI is InChI=1S/C22H17F4N3/c23-15-6-9-17(10-7-15)29-20-11-8-16(27)13-18(20)21(28-29)19(22(24,25)26)12-14-4-2-1-3-5-14/h1-11,13,19H,12,27H2. The number of fused-ring (bicyclic) bond motifs is 1. The van der Waals surface area contributed by atoms with E-state index >= 15 is 0 Å². The summed E-state index contributed by atoms with van der Waals surface area (Å²) in [5.74, 6) is -2.25. The van der Waals surface area contributed by atoms with E-state index in [1.54, 1.807) is 42.5 Å². The lowest BCUT2D eigenvalue weighted by Gasteiger charge is -2.19. The average Bonchev–Trinajstić information content (AvgIpc) is 3.05. The Hall–Kier alpha value is -3.35. The fourth-order valence-electron chi connectivity index (χ4n) is 3.41. The smallest absolute Gasteiger partial charge is 0.397 e. The minimum Gasteiger partial charge on any atom is -0.399 e. The van der Waals surface area contributed by atoms with Crippen LogP contribution < -0.4 is 5.73 Å². The van der Waals surface area contributed by atoms with Crippen LogP contribution in [0.5, 0.6) is 0 Å². The number of hydrogen-bond donors (Lipinski definition) is 1. The summed E-state index contributed by atoms with van der Waals surface area (Å²) in [5, 5.41) is 4.64. The Morgan fingerprint density at radius 1 is 0.931 bits per heavy atom. The van der Waals surface area contributed by atoms with E-state index < -0.39 is 17.9 Å². The number of hydrogen-bond acceptors (Lipinski definition) is 2. The summed E-state index contributed by atoms with van der Waals surface area (Å²) < 4.78 is 56.9. The Kier molecular flexibility index (Phi) is 4.74. The van der Waals surface area contributed by atoms with Crippen molar-refractivity contribution in [1.29, 1.82) is 0 Å². The third-order valence-electron chi connectivity index (χ3n) is 4.81. The van der Waals surface area contributed by atoms with E-state index in [0.29, 0.717) is 27.8 Å². The minimum absolute atomic E-state index is 0.104. The highest BCUT2D eigenvalue weighted by molar-refractivity contribution is 5.87. The zero-order chi connectivity index (χ0) is 20.6. The molecule has 1 atom stereocenters. The summed E-state index contributed by atoms with van der Waals surface area (Å²) in [4.78, 5) is 0. The first kappa shape index (κ1) is 19.0. The number of rotatable bonds is 4. The van der Waals surface area contributed by atoms with Crippen molar-refractivity contribution in [2.24, 2.45) is 0 Å². The number of anilines is 1. The first-order valence-corrected chi connectivity index (χ1v) is 8.97. The van der Waals surface area contributed by atoms with Gasteiger partial charge in [-0.25, -0.2) is 9.07 Å². The average molecular weight is 399 g/mol. The van der Waals surface area contributed by atoms with Crippen LogP contribution in [0, 0.1) is 5.82 Å². The van der Waals surface area contributed by atoms with Crippen molar-refractivity contribution < 1.29 is 17.6 Å². The van der Waals surface area contributed by atoms with Gasteiger partial charge in [0.1, 0.15) is 11.7 Å². The quantitative estimate of drug-likeness (QED) is 0.357. The summed E-state index contributed by atoms with van der Waals surface area (Å²) in [6, 6.07) is 18.6. The van der Waals surface area contributed by atoms with Crippen LogP contribution in [0.2, 0.25) is 0 Å². The number of nitrogens with two attached hydrogens (primary N) is 1. The molecule has 0 aliphatic carbocycles. The second-order valence-corrected chi connectivity index (χ2v) is 6.83. The lowest BCUT2D eigenvalue weighted by molar-refractivity contribution is -0.150. The second kappa shape index (κ2) is 7.24. The fraction of sp³-hybridized carbons (Fsp3) is 0.136. The molecule has 4 rings (SSSR count). The Labute approximate surface area is 164 Å². The SMILES string of the molecule is Nc1ccc2c(c1)c(C(Cc1ccccc1)C(F)(F)F)nn2-c1ccc(F)cc1. The minimum atomic E-state index is -4.50. The largest absolute Gasteiger partial charge is 0.399 e. The van der Waals surface area contributed by atoms with Gasteiger partial charge in [-0.05, 0) is 54.4 Å². The topological polar surface area (TPSA) is 43.8 Å². The van der Waals surface area contributed by atoms with Crippen molar-refractivity contribution in [3.8, 4) is 5.69 Å². The molecule has 148 valence electrons. The maximum absolute atomic E-state index is 14.1. The first-order chi connectivity index (χ1) is 13.8. The summed E-state index contributed by atoms with van der Waals surface area (Å²) in [6.45, 7) is 0. The van der Waals surface area contributed by atoms with Gasteiger partial charge in [0.05, 0.1) is 16.9 Å². The number of nitrogens with zero attached hydrogens (tertiary/aromatic N) is 2. The van der Waals surface area contributed by atoms with E-state index in [-0.39, 0.29) is 12.1 Å².